The SMILES string of the molecule is Cl.NCC1(C(=O)Nc2ccc3c(c2)NC(=O)CS3)CCOCC1. The third kappa shape index (κ3) is 3.80. The van der Waals surface area contributed by atoms with E-state index in [2.05, 4.69) is 10.6 Å². The summed E-state index contributed by atoms with van der Waals surface area (Å²) in [5.74, 6) is 0.325. The summed E-state index contributed by atoms with van der Waals surface area (Å²) >= 11 is 1.49. The van der Waals surface area contributed by atoms with Gasteiger partial charge in [0.25, 0.3) is 0 Å². The number of nitrogens with one attached hydrogen (secondary N) is 2. The maximum absolute atomic E-state index is 12.6. The minimum absolute atomic E-state index is 0. The minimum Gasteiger partial charge on any atom is -0.381 e. The first-order valence-electron chi connectivity index (χ1n) is 7.29. The fraction of sp³-hybridized carbons (Fsp3) is 0.467. The molecule has 0 unspecified atom stereocenters. The average Bonchev–Trinajstić information content (AvgIpc) is 2.55. The van der Waals surface area contributed by atoms with Gasteiger partial charge in [-0.1, -0.05) is 0 Å². The highest BCUT2D eigenvalue weighted by atomic mass is 35.5. The lowest BCUT2D eigenvalue weighted by Crippen LogP contribution is -2.46. The van der Waals surface area contributed by atoms with Crippen LogP contribution < -0.4 is 16.4 Å². The van der Waals surface area contributed by atoms with Gasteiger partial charge >= 0.3 is 0 Å². The van der Waals surface area contributed by atoms with Crippen LogP contribution in [-0.2, 0) is 14.3 Å². The van der Waals surface area contributed by atoms with Crippen molar-refractivity contribution in [2.75, 3.05) is 36.1 Å². The Morgan fingerprint density at radius 2 is 2.13 bits per heavy atom. The van der Waals surface area contributed by atoms with Crippen LogP contribution in [0.2, 0.25) is 0 Å². The molecule has 2 heterocycles. The van der Waals surface area contributed by atoms with E-state index in [0.29, 0.717) is 44.0 Å². The van der Waals surface area contributed by atoms with Crippen molar-refractivity contribution in [2.45, 2.75) is 17.7 Å². The van der Waals surface area contributed by atoms with Gasteiger partial charge in [0.1, 0.15) is 0 Å². The molecule has 8 heteroatoms. The second-order valence-corrected chi connectivity index (χ2v) is 6.62. The van der Waals surface area contributed by atoms with Crippen LogP contribution in [0.25, 0.3) is 0 Å². The molecule has 0 saturated carbocycles. The van der Waals surface area contributed by atoms with Crippen LogP contribution in [0.4, 0.5) is 11.4 Å². The zero-order valence-electron chi connectivity index (χ0n) is 12.6. The van der Waals surface area contributed by atoms with Crippen molar-refractivity contribution in [3.05, 3.63) is 18.2 Å². The molecule has 0 radical (unpaired) electrons. The molecule has 4 N–H and O–H groups in total. The highest BCUT2D eigenvalue weighted by molar-refractivity contribution is 8.00. The molecule has 0 aromatic heterocycles. The topological polar surface area (TPSA) is 93.5 Å². The van der Waals surface area contributed by atoms with Gasteiger partial charge in [-0.05, 0) is 31.0 Å². The molecule has 0 bridgehead atoms. The van der Waals surface area contributed by atoms with Gasteiger partial charge in [0, 0.05) is 30.3 Å². The third-order valence-corrected chi connectivity index (χ3v) is 5.27. The summed E-state index contributed by atoms with van der Waals surface area (Å²) < 4.78 is 5.33. The molecule has 1 aromatic rings. The Labute approximate surface area is 145 Å². The summed E-state index contributed by atoms with van der Waals surface area (Å²) in [6.45, 7) is 1.42. The smallest absolute Gasteiger partial charge is 0.234 e. The maximum Gasteiger partial charge on any atom is 0.234 e. The van der Waals surface area contributed by atoms with Gasteiger partial charge < -0.3 is 21.1 Å². The van der Waals surface area contributed by atoms with Crippen molar-refractivity contribution >= 4 is 47.4 Å². The molecule has 0 atom stereocenters. The summed E-state index contributed by atoms with van der Waals surface area (Å²) in [4.78, 5) is 25.1. The highest BCUT2D eigenvalue weighted by Gasteiger charge is 2.38. The van der Waals surface area contributed by atoms with Gasteiger partial charge in [0.2, 0.25) is 11.8 Å². The number of benzene rings is 1. The summed E-state index contributed by atoms with van der Waals surface area (Å²) in [5.41, 5.74) is 6.70. The first-order chi connectivity index (χ1) is 10.6. The predicted molar refractivity (Wildman–Crippen MR) is 93.2 cm³/mol. The van der Waals surface area contributed by atoms with E-state index in [4.69, 9.17) is 10.5 Å². The largest absolute Gasteiger partial charge is 0.381 e. The van der Waals surface area contributed by atoms with Crippen molar-refractivity contribution < 1.29 is 14.3 Å². The number of rotatable bonds is 3. The summed E-state index contributed by atoms with van der Waals surface area (Å²) in [5, 5.41) is 5.75. The Bertz CT molecular complexity index is 606. The molecule has 23 heavy (non-hydrogen) atoms. The number of amides is 2. The summed E-state index contributed by atoms with van der Waals surface area (Å²) in [6.07, 6.45) is 1.26. The van der Waals surface area contributed by atoms with Gasteiger partial charge in [0.05, 0.1) is 16.9 Å². The Balaban J connectivity index is 0.00000192. The molecular weight excluding hydrogens is 338 g/mol. The van der Waals surface area contributed by atoms with Crippen LogP contribution in [-0.4, -0.2) is 37.3 Å². The lowest BCUT2D eigenvalue weighted by molar-refractivity contribution is -0.130. The van der Waals surface area contributed by atoms with E-state index in [-0.39, 0.29) is 24.2 Å². The third-order valence-electron chi connectivity index (χ3n) is 4.19. The first-order valence-corrected chi connectivity index (χ1v) is 8.27. The lowest BCUT2D eigenvalue weighted by atomic mass is 9.79. The number of carbonyl (C=O) groups excluding carboxylic acids is 2. The van der Waals surface area contributed by atoms with Gasteiger partial charge in [-0.25, -0.2) is 0 Å². The second kappa shape index (κ2) is 7.53. The zero-order valence-corrected chi connectivity index (χ0v) is 14.2. The predicted octanol–water partition coefficient (Wildman–Crippen LogP) is 1.85. The number of anilines is 2. The van der Waals surface area contributed by atoms with Gasteiger partial charge in [-0.3, -0.25) is 9.59 Å². The van der Waals surface area contributed by atoms with E-state index in [9.17, 15) is 9.59 Å². The zero-order chi connectivity index (χ0) is 15.6. The highest BCUT2D eigenvalue weighted by Crippen LogP contribution is 2.35. The minimum atomic E-state index is -0.563. The van der Waals surface area contributed by atoms with E-state index in [1.54, 1.807) is 6.07 Å². The van der Waals surface area contributed by atoms with Crippen molar-refractivity contribution in [1.82, 2.24) is 0 Å². The van der Waals surface area contributed by atoms with Crippen molar-refractivity contribution in [3.8, 4) is 0 Å². The van der Waals surface area contributed by atoms with Crippen LogP contribution in [0.3, 0.4) is 0 Å². The fourth-order valence-corrected chi connectivity index (χ4v) is 3.50. The molecule has 0 aliphatic carbocycles. The summed E-state index contributed by atoms with van der Waals surface area (Å²) in [7, 11) is 0. The fourth-order valence-electron chi connectivity index (χ4n) is 2.71. The second-order valence-electron chi connectivity index (χ2n) is 5.60. The molecule has 2 aliphatic heterocycles. The number of ether oxygens (including phenoxy) is 1. The van der Waals surface area contributed by atoms with E-state index < -0.39 is 5.41 Å². The molecule has 1 fully saturated rings. The van der Waals surface area contributed by atoms with Gasteiger partial charge in [-0.2, -0.15) is 0 Å². The Morgan fingerprint density at radius 1 is 1.39 bits per heavy atom. The number of fused-ring (bicyclic) bond motifs is 1. The molecule has 1 saturated heterocycles. The average molecular weight is 358 g/mol. The molecule has 0 spiro atoms. The van der Waals surface area contributed by atoms with Crippen molar-refractivity contribution in [3.63, 3.8) is 0 Å². The standard InChI is InChI=1S/C15H19N3O3S.ClH/c16-9-15(3-5-21-6-4-15)14(20)17-10-1-2-12-11(7-10)18-13(19)8-22-12;/h1-2,7H,3-6,8-9,16H2,(H,17,20)(H,18,19);1H. The van der Waals surface area contributed by atoms with E-state index in [0.717, 1.165) is 10.6 Å². The Hall–Kier alpha value is -1.28. The molecule has 3 rings (SSSR count). The number of halogens is 1. The van der Waals surface area contributed by atoms with Crippen LogP contribution in [0.5, 0.6) is 0 Å². The number of hydrogen-bond donors (Lipinski definition) is 3. The monoisotopic (exact) mass is 357 g/mol. The number of nitrogens with two attached hydrogens (primary N) is 1. The Morgan fingerprint density at radius 3 is 2.83 bits per heavy atom. The molecule has 126 valence electrons. The van der Waals surface area contributed by atoms with Crippen LogP contribution >= 0.6 is 24.2 Å². The normalized spacial score (nSPS) is 19.1. The number of hydrogen-bond acceptors (Lipinski definition) is 5. The lowest BCUT2D eigenvalue weighted by Gasteiger charge is -2.34. The van der Waals surface area contributed by atoms with Crippen molar-refractivity contribution in [1.29, 1.82) is 0 Å². The molecule has 6 nitrogen and oxygen atoms in total. The molecule has 2 aliphatic rings. The van der Waals surface area contributed by atoms with Crippen LogP contribution in [0.15, 0.2) is 23.1 Å². The molecule has 1 aromatic carbocycles. The van der Waals surface area contributed by atoms with Crippen LogP contribution in [0, 0.1) is 5.41 Å². The van der Waals surface area contributed by atoms with Crippen LogP contribution in [0.1, 0.15) is 12.8 Å². The van der Waals surface area contributed by atoms with E-state index in [1.165, 1.54) is 11.8 Å². The maximum atomic E-state index is 12.6. The van der Waals surface area contributed by atoms with E-state index >= 15 is 0 Å². The molecular formula is C15H20ClN3O3S. The number of carbonyl (C=O) groups is 2. The van der Waals surface area contributed by atoms with Crippen molar-refractivity contribution in [2.24, 2.45) is 11.1 Å². The summed E-state index contributed by atoms with van der Waals surface area (Å²) in [6, 6.07) is 5.56. The molecule has 2 amide bonds. The number of thioether (sulfide) groups is 1. The first kappa shape index (κ1) is 18.1. The van der Waals surface area contributed by atoms with Gasteiger partial charge in [-0.15, -0.1) is 24.2 Å². The Kier molecular flexibility index (Phi) is 5.91. The quantitative estimate of drug-likeness (QED) is 0.767. The van der Waals surface area contributed by atoms with Gasteiger partial charge in [0.15, 0.2) is 0 Å². The van der Waals surface area contributed by atoms with E-state index in [1.807, 2.05) is 12.1 Å².